The summed E-state index contributed by atoms with van der Waals surface area (Å²) in [6, 6.07) is 1.58. The van der Waals surface area contributed by atoms with Crippen molar-refractivity contribution < 1.29 is 9.21 Å². The fourth-order valence-corrected chi connectivity index (χ4v) is 3.79. The second kappa shape index (κ2) is 6.45. The predicted octanol–water partition coefficient (Wildman–Crippen LogP) is 3.98. The van der Waals surface area contributed by atoms with Crippen LogP contribution in [0.25, 0.3) is 16.7 Å². The highest BCUT2D eigenvalue weighted by molar-refractivity contribution is 7.10. The van der Waals surface area contributed by atoms with Crippen LogP contribution in [0.4, 0.5) is 0 Å². The lowest BCUT2D eigenvalue weighted by Crippen LogP contribution is -2.32. The summed E-state index contributed by atoms with van der Waals surface area (Å²) >= 11 is 1.56. The zero-order chi connectivity index (χ0) is 19.3. The molecule has 0 aliphatic carbocycles. The molecular formula is C19H21N5O2S. The standard InChI is InChI=1S/C19H21N5O2S/c1-9(2)15(21-18(25)13-6-10(3)27-7-13)16-22-17-14-11(4)12(5)26-19(14)20-8-24(17)23-16/h6-9,15H,1-5H3,(H,21,25)/t15-/m0/s1. The minimum Gasteiger partial charge on any atom is -0.443 e. The molecule has 7 nitrogen and oxygen atoms in total. The maximum atomic E-state index is 12.6. The van der Waals surface area contributed by atoms with Crippen LogP contribution in [-0.2, 0) is 0 Å². The Labute approximate surface area is 160 Å². The Hall–Kier alpha value is -2.74. The summed E-state index contributed by atoms with van der Waals surface area (Å²) in [6.45, 7) is 9.95. The zero-order valence-corrected chi connectivity index (χ0v) is 16.7. The summed E-state index contributed by atoms with van der Waals surface area (Å²) in [5.41, 5.74) is 2.91. The number of aryl methyl sites for hydroxylation is 3. The third-order valence-corrected chi connectivity index (χ3v) is 5.61. The van der Waals surface area contributed by atoms with Gasteiger partial charge in [-0.05, 0) is 32.8 Å². The van der Waals surface area contributed by atoms with Gasteiger partial charge in [0.2, 0.25) is 5.71 Å². The molecule has 0 saturated heterocycles. The number of thiophene rings is 1. The van der Waals surface area contributed by atoms with Crippen molar-refractivity contribution in [2.24, 2.45) is 5.92 Å². The van der Waals surface area contributed by atoms with Crippen LogP contribution in [0, 0.1) is 26.7 Å². The van der Waals surface area contributed by atoms with Gasteiger partial charge in [0.15, 0.2) is 11.5 Å². The first-order valence-electron chi connectivity index (χ1n) is 8.82. The van der Waals surface area contributed by atoms with Crippen molar-refractivity contribution in [1.82, 2.24) is 24.9 Å². The van der Waals surface area contributed by atoms with Crippen molar-refractivity contribution in [1.29, 1.82) is 0 Å². The summed E-state index contributed by atoms with van der Waals surface area (Å²) in [6.07, 6.45) is 1.60. The monoisotopic (exact) mass is 383 g/mol. The normalized spacial score (nSPS) is 13.0. The number of rotatable bonds is 4. The van der Waals surface area contributed by atoms with E-state index in [1.54, 1.807) is 22.2 Å². The largest absolute Gasteiger partial charge is 0.443 e. The lowest BCUT2D eigenvalue weighted by Gasteiger charge is -2.19. The summed E-state index contributed by atoms with van der Waals surface area (Å²) in [4.78, 5) is 22.8. The number of nitrogens with one attached hydrogen (secondary N) is 1. The third kappa shape index (κ3) is 2.99. The second-order valence-electron chi connectivity index (χ2n) is 7.09. The molecule has 0 aliphatic heterocycles. The lowest BCUT2D eigenvalue weighted by molar-refractivity contribution is 0.0923. The van der Waals surface area contributed by atoms with Gasteiger partial charge in [0.1, 0.15) is 12.1 Å². The van der Waals surface area contributed by atoms with E-state index in [0.29, 0.717) is 22.7 Å². The first-order chi connectivity index (χ1) is 12.8. The number of aromatic nitrogens is 4. The fraction of sp³-hybridized carbons (Fsp3) is 0.368. The number of hydrogen-bond donors (Lipinski definition) is 1. The van der Waals surface area contributed by atoms with Crippen LogP contribution < -0.4 is 5.32 Å². The quantitative estimate of drug-likeness (QED) is 0.576. The van der Waals surface area contributed by atoms with Crippen molar-refractivity contribution in [3.8, 4) is 0 Å². The number of fused-ring (bicyclic) bond motifs is 3. The highest BCUT2D eigenvalue weighted by atomic mass is 32.1. The third-order valence-electron chi connectivity index (χ3n) is 4.75. The minimum absolute atomic E-state index is 0.115. The van der Waals surface area contributed by atoms with Gasteiger partial charge in [-0.3, -0.25) is 4.79 Å². The molecule has 27 heavy (non-hydrogen) atoms. The molecule has 8 heteroatoms. The Bertz CT molecular complexity index is 1150. The Balaban J connectivity index is 1.75. The predicted molar refractivity (Wildman–Crippen MR) is 104 cm³/mol. The Morgan fingerprint density at radius 2 is 2.07 bits per heavy atom. The van der Waals surface area contributed by atoms with Crippen molar-refractivity contribution in [3.05, 3.63) is 45.4 Å². The van der Waals surface area contributed by atoms with Crippen LogP contribution in [-0.4, -0.2) is 25.5 Å². The molecule has 140 valence electrons. The van der Waals surface area contributed by atoms with Gasteiger partial charge in [-0.1, -0.05) is 13.8 Å². The number of nitrogens with zero attached hydrogens (tertiary/aromatic N) is 4. The van der Waals surface area contributed by atoms with E-state index in [0.717, 1.165) is 21.6 Å². The first kappa shape index (κ1) is 17.7. The van der Waals surface area contributed by atoms with Gasteiger partial charge >= 0.3 is 0 Å². The molecule has 0 saturated carbocycles. The minimum atomic E-state index is -0.305. The van der Waals surface area contributed by atoms with Crippen LogP contribution >= 0.6 is 11.3 Å². The second-order valence-corrected chi connectivity index (χ2v) is 8.20. The van der Waals surface area contributed by atoms with Crippen molar-refractivity contribution in [3.63, 3.8) is 0 Å². The highest BCUT2D eigenvalue weighted by Crippen LogP contribution is 2.28. The van der Waals surface area contributed by atoms with E-state index in [4.69, 9.17) is 9.40 Å². The number of furan rings is 1. The van der Waals surface area contributed by atoms with Crippen molar-refractivity contribution in [2.45, 2.75) is 40.7 Å². The average molecular weight is 383 g/mol. The van der Waals surface area contributed by atoms with Crippen LogP contribution in [0.1, 0.15) is 52.3 Å². The van der Waals surface area contributed by atoms with E-state index < -0.39 is 0 Å². The smallest absolute Gasteiger partial charge is 0.252 e. The maximum absolute atomic E-state index is 12.6. The van der Waals surface area contributed by atoms with Gasteiger partial charge in [0, 0.05) is 15.8 Å². The molecule has 1 N–H and O–H groups in total. The van der Waals surface area contributed by atoms with E-state index in [1.807, 2.05) is 46.1 Å². The summed E-state index contributed by atoms with van der Waals surface area (Å²) < 4.78 is 7.34. The lowest BCUT2D eigenvalue weighted by atomic mass is 10.0. The zero-order valence-electron chi connectivity index (χ0n) is 15.9. The molecule has 0 bridgehead atoms. The highest BCUT2D eigenvalue weighted by Gasteiger charge is 2.25. The van der Waals surface area contributed by atoms with Gasteiger partial charge in [0.05, 0.1) is 17.0 Å². The Morgan fingerprint density at radius 3 is 2.74 bits per heavy atom. The molecule has 0 fully saturated rings. The molecule has 0 aromatic carbocycles. The molecule has 0 aliphatic rings. The summed E-state index contributed by atoms with van der Waals surface area (Å²) in [5.74, 6) is 1.40. The molecule has 0 spiro atoms. The molecule has 4 rings (SSSR count). The average Bonchev–Trinajstić information content (AvgIpc) is 3.30. The Morgan fingerprint density at radius 1 is 1.30 bits per heavy atom. The molecule has 4 aromatic rings. The number of amides is 1. The van der Waals surface area contributed by atoms with E-state index in [-0.39, 0.29) is 17.9 Å². The van der Waals surface area contributed by atoms with Crippen molar-refractivity contribution >= 4 is 34.0 Å². The van der Waals surface area contributed by atoms with Crippen molar-refractivity contribution in [2.75, 3.05) is 0 Å². The number of carbonyl (C=O) groups excluding carboxylic acids is 1. The molecule has 0 unspecified atom stereocenters. The van der Waals surface area contributed by atoms with Gasteiger partial charge < -0.3 is 9.73 Å². The van der Waals surface area contributed by atoms with Crippen LogP contribution in [0.5, 0.6) is 0 Å². The molecule has 1 atom stereocenters. The molecule has 1 amide bonds. The van der Waals surface area contributed by atoms with Crippen LogP contribution in [0.3, 0.4) is 0 Å². The van der Waals surface area contributed by atoms with E-state index >= 15 is 0 Å². The van der Waals surface area contributed by atoms with Gasteiger partial charge in [-0.2, -0.15) is 0 Å². The summed E-state index contributed by atoms with van der Waals surface area (Å²) in [7, 11) is 0. The van der Waals surface area contributed by atoms with E-state index in [1.165, 1.54) is 0 Å². The van der Waals surface area contributed by atoms with Crippen LogP contribution in [0.15, 0.2) is 22.2 Å². The molecule has 4 heterocycles. The Kier molecular flexibility index (Phi) is 4.22. The summed E-state index contributed by atoms with van der Waals surface area (Å²) in [5, 5.41) is 10.4. The SMILES string of the molecule is Cc1cc(C(=O)N[C@H](c2nc3c4c(C)c(C)oc4ncn3n2)C(C)C)cs1. The van der Waals surface area contributed by atoms with Gasteiger partial charge in [0.25, 0.3) is 5.91 Å². The number of hydrogen-bond acceptors (Lipinski definition) is 6. The van der Waals surface area contributed by atoms with Crippen LogP contribution in [0.2, 0.25) is 0 Å². The van der Waals surface area contributed by atoms with E-state index in [2.05, 4.69) is 15.4 Å². The van der Waals surface area contributed by atoms with Gasteiger partial charge in [-0.25, -0.2) is 14.5 Å². The molecular weight excluding hydrogens is 362 g/mol. The first-order valence-corrected chi connectivity index (χ1v) is 9.70. The van der Waals surface area contributed by atoms with E-state index in [9.17, 15) is 4.79 Å². The fourth-order valence-electron chi connectivity index (χ4n) is 3.11. The molecule has 0 radical (unpaired) electrons. The number of carbonyl (C=O) groups is 1. The maximum Gasteiger partial charge on any atom is 0.252 e. The van der Waals surface area contributed by atoms with Gasteiger partial charge in [-0.15, -0.1) is 16.4 Å². The topological polar surface area (TPSA) is 85.3 Å². The molecule has 4 aromatic heterocycles.